The predicted molar refractivity (Wildman–Crippen MR) is 133 cm³/mol. The van der Waals surface area contributed by atoms with Gasteiger partial charge < -0.3 is 4.90 Å². The summed E-state index contributed by atoms with van der Waals surface area (Å²) in [4.78, 5) is 25.4. The van der Waals surface area contributed by atoms with E-state index in [0.29, 0.717) is 5.56 Å². The van der Waals surface area contributed by atoms with E-state index >= 15 is 0 Å². The Morgan fingerprint density at radius 2 is 1.76 bits per heavy atom. The lowest BCUT2D eigenvalue weighted by Gasteiger charge is -2.27. The molecule has 166 valence electrons. The van der Waals surface area contributed by atoms with Gasteiger partial charge in [-0.2, -0.15) is 0 Å². The van der Waals surface area contributed by atoms with Crippen molar-refractivity contribution < 1.29 is 0 Å². The second-order valence-electron chi connectivity index (χ2n) is 9.03. The quantitative estimate of drug-likeness (QED) is 0.470. The summed E-state index contributed by atoms with van der Waals surface area (Å²) >= 11 is 0. The average Bonchev–Trinajstić information content (AvgIpc) is 3.28. The molecule has 6 heteroatoms. The minimum atomic E-state index is -0.0225. The zero-order valence-corrected chi connectivity index (χ0v) is 18.9. The van der Waals surface area contributed by atoms with E-state index in [9.17, 15) is 4.79 Å². The molecule has 0 atom stereocenters. The lowest BCUT2D eigenvalue weighted by molar-refractivity contribution is 0.574. The summed E-state index contributed by atoms with van der Waals surface area (Å²) in [6, 6.07) is 14.4. The Kier molecular flexibility index (Phi) is 4.86. The van der Waals surface area contributed by atoms with Crippen LogP contribution in [0.1, 0.15) is 30.4 Å². The van der Waals surface area contributed by atoms with Crippen LogP contribution in [0.3, 0.4) is 0 Å². The van der Waals surface area contributed by atoms with Crippen molar-refractivity contribution in [2.24, 2.45) is 0 Å². The number of benzene rings is 1. The van der Waals surface area contributed by atoms with E-state index in [4.69, 9.17) is 9.97 Å². The van der Waals surface area contributed by atoms with Crippen molar-refractivity contribution in [1.29, 1.82) is 0 Å². The van der Waals surface area contributed by atoms with Gasteiger partial charge in [0.2, 0.25) is 0 Å². The Labute approximate surface area is 193 Å². The van der Waals surface area contributed by atoms with Crippen LogP contribution in [0.2, 0.25) is 0 Å². The smallest absolute Gasteiger partial charge is 0.277 e. The minimum Gasteiger partial charge on any atom is -0.357 e. The molecule has 0 bridgehead atoms. The molecule has 1 fully saturated rings. The van der Waals surface area contributed by atoms with Gasteiger partial charge in [0.25, 0.3) is 5.56 Å². The maximum Gasteiger partial charge on any atom is 0.277 e. The van der Waals surface area contributed by atoms with E-state index in [1.807, 2.05) is 43.7 Å². The molecule has 0 radical (unpaired) electrons. The molecule has 0 spiro atoms. The standard InChI is InChI=1S/C27H27N5O/c1-19-9-13-32(31-14-10-20-7-3-4-8-24(20)31)27(33)26(19)22-15-21-17-29-25(16-23(21)28-18-22)30-11-5-2-6-12-30/h3-4,7-9,13,15-18H,2,5-6,10-12,14H2,1H3. The van der Waals surface area contributed by atoms with Crippen LogP contribution in [-0.4, -0.2) is 34.3 Å². The number of nitrogens with zero attached hydrogens (tertiary/aromatic N) is 5. The van der Waals surface area contributed by atoms with E-state index in [2.05, 4.69) is 34.2 Å². The molecule has 0 unspecified atom stereocenters. The summed E-state index contributed by atoms with van der Waals surface area (Å²) in [5.41, 5.74) is 5.73. The fourth-order valence-corrected chi connectivity index (χ4v) is 5.15. The van der Waals surface area contributed by atoms with Gasteiger partial charge in [-0.25, -0.2) is 9.66 Å². The number of rotatable bonds is 3. The number of hydrogen-bond acceptors (Lipinski definition) is 5. The Balaban J connectivity index is 1.40. The third-order valence-corrected chi connectivity index (χ3v) is 6.92. The van der Waals surface area contributed by atoms with Crippen molar-refractivity contribution >= 4 is 22.4 Å². The maximum atomic E-state index is 13.7. The maximum absolute atomic E-state index is 13.7. The first-order valence-electron chi connectivity index (χ1n) is 11.8. The molecule has 2 aliphatic rings. The van der Waals surface area contributed by atoms with Crippen LogP contribution in [0.25, 0.3) is 22.0 Å². The van der Waals surface area contributed by atoms with Gasteiger partial charge in [-0.1, -0.05) is 18.2 Å². The number of fused-ring (bicyclic) bond motifs is 2. The minimum absolute atomic E-state index is 0.0225. The van der Waals surface area contributed by atoms with Crippen LogP contribution in [0.4, 0.5) is 11.5 Å². The lowest BCUT2D eigenvalue weighted by atomic mass is 10.0. The molecule has 0 aliphatic carbocycles. The van der Waals surface area contributed by atoms with Crippen LogP contribution in [-0.2, 0) is 6.42 Å². The first kappa shape index (κ1) is 20.0. The monoisotopic (exact) mass is 437 g/mol. The number of aryl methyl sites for hydroxylation is 1. The molecule has 6 rings (SSSR count). The highest BCUT2D eigenvalue weighted by Crippen LogP contribution is 2.29. The second kappa shape index (κ2) is 8.03. The van der Waals surface area contributed by atoms with E-state index in [1.165, 1.54) is 24.8 Å². The topological polar surface area (TPSA) is 54.3 Å². The zero-order valence-electron chi connectivity index (χ0n) is 18.9. The summed E-state index contributed by atoms with van der Waals surface area (Å²) in [5.74, 6) is 0.994. The van der Waals surface area contributed by atoms with E-state index in [0.717, 1.165) is 59.6 Å². The average molecular weight is 438 g/mol. The number of hydrogen-bond donors (Lipinski definition) is 0. The van der Waals surface area contributed by atoms with Gasteiger partial charge in [-0.3, -0.25) is 14.8 Å². The van der Waals surface area contributed by atoms with Crippen LogP contribution in [0.5, 0.6) is 0 Å². The van der Waals surface area contributed by atoms with Gasteiger partial charge in [-0.05, 0) is 61.9 Å². The molecule has 4 aromatic rings. The summed E-state index contributed by atoms with van der Waals surface area (Å²) in [7, 11) is 0. The fourth-order valence-electron chi connectivity index (χ4n) is 5.15. The van der Waals surface area contributed by atoms with Gasteiger partial charge in [0.05, 0.1) is 16.8 Å². The van der Waals surface area contributed by atoms with Crippen LogP contribution in [0.15, 0.2) is 65.8 Å². The van der Waals surface area contributed by atoms with Crippen LogP contribution in [0, 0.1) is 6.92 Å². The lowest BCUT2D eigenvalue weighted by Crippen LogP contribution is -2.37. The van der Waals surface area contributed by atoms with E-state index in [1.54, 1.807) is 4.68 Å². The van der Waals surface area contributed by atoms with E-state index in [-0.39, 0.29) is 5.56 Å². The molecule has 5 heterocycles. The molecule has 33 heavy (non-hydrogen) atoms. The molecule has 2 aliphatic heterocycles. The van der Waals surface area contributed by atoms with Crippen LogP contribution < -0.4 is 15.5 Å². The summed E-state index contributed by atoms with van der Waals surface area (Å²) < 4.78 is 1.75. The number of para-hydroxylation sites is 1. The van der Waals surface area contributed by atoms with Crippen LogP contribution >= 0.6 is 0 Å². The summed E-state index contributed by atoms with van der Waals surface area (Å²) in [6.07, 6.45) is 10.3. The molecule has 0 amide bonds. The van der Waals surface area contributed by atoms with Crippen molar-refractivity contribution in [2.75, 3.05) is 29.5 Å². The molecular formula is C27H27N5O. The molecule has 6 nitrogen and oxygen atoms in total. The third-order valence-electron chi connectivity index (χ3n) is 6.92. The molecule has 0 N–H and O–H groups in total. The third kappa shape index (κ3) is 3.46. The van der Waals surface area contributed by atoms with Crippen molar-refractivity contribution in [3.05, 3.63) is 82.5 Å². The number of aromatic nitrogens is 3. The predicted octanol–water partition coefficient (Wildman–Crippen LogP) is 4.58. The fraction of sp³-hybridized carbons (Fsp3) is 0.296. The Bertz CT molecular complexity index is 1400. The largest absolute Gasteiger partial charge is 0.357 e. The molecule has 1 aromatic carbocycles. The van der Waals surface area contributed by atoms with Crippen molar-refractivity contribution in [2.45, 2.75) is 32.6 Å². The normalized spacial score (nSPS) is 15.8. The summed E-state index contributed by atoms with van der Waals surface area (Å²) in [5, 5.41) is 3.02. The Morgan fingerprint density at radius 1 is 0.909 bits per heavy atom. The number of piperidine rings is 1. The number of anilines is 2. The molecule has 0 saturated carbocycles. The van der Waals surface area contributed by atoms with E-state index < -0.39 is 0 Å². The highest BCUT2D eigenvalue weighted by Gasteiger charge is 2.22. The zero-order chi connectivity index (χ0) is 22.4. The first-order valence-corrected chi connectivity index (χ1v) is 11.8. The summed E-state index contributed by atoms with van der Waals surface area (Å²) in [6.45, 7) is 4.89. The second-order valence-corrected chi connectivity index (χ2v) is 9.03. The van der Waals surface area contributed by atoms with Gasteiger partial charge in [0.15, 0.2) is 0 Å². The van der Waals surface area contributed by atoms with Crippen molar-refractivity contribution in [3.63, 3.8) is 0 Å². The molecule has 3 aromatic heterocycles. The SMILES string of the molecule is Cc1ccn(N2CCc3ccccc32)c(=O)c1-c1cnc2cc(N3CCCCC3)ncc2c1. The highest BCUT2D eigenvalue weighted by molar-refractivity contribution is 5.85. The van der Waals surface area contributed by atoms with Gasteiger partial charge >= 0.3 is 0 Å². The first-order chi connectivity index (χ1) is 16.2. The Morgan fingerprint density at radius 3 is 2.64 bits per heavy atom. The number of pyridine rings is 3. The van der Waals surface area contributed by atoms with Crippen molar-refractivity contribution in [3.8, 4) is 11.1 Å². The molecular weight excluding hydrogens is 410 g/mol. The highest BCUT2D eigenvalue weighted by atomic mass is 16.1. The Hall–Kier alpha value is -3.67. The van der Waals surface area contributed by atoms with Gasteiger partial charge in [-0.15, -0.1) is 0 Å². The molecule has 1 saturated heterocycles. The van der Waals surface area contributed by atoms with Gasteiger partial charge in [0, 0.05) is 55.2 Å². The van der Waals surface area contributed by atoms with Gasteiger partial charge in [0.1, 0.15) is 5.82 Å². The van der Waals surface area contributed by atoms with Crippen molar-refractivity contribution in [1.82, 2.24) is 14.6 Å².